The maximum absolute atomic E-state index is 12.3. The maximum Gasteiger partial charge on any atom is 0.239 e. The molecule has 0 bridgehead atoms. The zero-order valence-corrected chi connectivity index (χ0v) is 16.8. The Labute approximate surface area is 172 Å². The summed E-state index contributed by atoms with van der Waals surface area (Å²) in [5.41, 5.74) is 4.64. The highest BCUT2D eigenvalue weighted by molar-refractivity contribution is 5.84. The molecule has 2 amide bonds. The quantitative estimate of drug-likeness (QED) is 0.844. The van der Waals surface area contributed by atoms with Crippen molar-refractivity contribution >= 4 is 11.8 Å². The molecule has 152 valence electrons. The third-order valence-electron chi connectivity index (χ3n) is 5.72. The third kappa shape index (κ3) is 4.97. The van der Waals surface area contributed by atoms with Gasteiger partial charge in [0.05, 0.1) is 13.2 Å². The number of fused-ring (bicyclic) bond motifs is 1. The van der Waals surface area contributed by atoms with Gasteiger partial charge < -0.3 is 15.0 Å². The first-order valence-corrected chi connectivity index (χ1v) is 10.6. The maximum atomic E-state index is 12.3. The van der Waals surface area contributed by atoms with Crippen molar-refractivity contribution in [2.75, 3.05) is 19.7 Å². The van der Waals surface area contributed by atoms with Gasteiger partial charge >= 0.3 is 0 Å². The predicted octanol–water partition coefficient (Wildman–Crippen LogP) is 3.70. The summed E-state index contributed by atoms with van der Waals surface area (Å²) in [6.07, 6.45) is 5.68. The number of ether oxygens (including phenoxy) is 1. The van der Waals surface area contributed by atoms with Crippen LogP contribution in [0.5, 0.6) is 5.75 Å². The van der Waals surface area contributed by atoms with Crippen molar-refractivity contribution in [3.8, 4) is 16.9 Å². The van der Waals surface area contributed by atoms with Crippen molar-refractivity contribution in [2.45, 2.75) is 45.1 Å². The molecule has 0 saturated carbocycles. The van der Waals surface area contributed by atoms with E-state index in [1.54, 1.807) is 4.90 Å². The number of hydrogen-bond donors (Lipinski definition) is 1. The molecule has 0 aromatic heterocycles. The standard InChI is InChI=1S/C24H28N2O3/c27-23(17-26-13-4-2-1-3-5-24(26)28)25-16-18-6-8-19(9-7-18)20-10-11-22-21(15-20)12-14-29-22/h6-11,15H,1-5,12-14,16-17H2,(H,25,27). The minimum atomic E-state index is -0.0957. The number of amides is 2. The Morgan fingerprint density at radius 2 is 1.76 bits per heavy atom. The Hall–Kier alpha value is -2.82. The van der Waals surface area contributed by atoms with Gasteiger partial charge in [0.1, 0.15) is 5.75 Å². The summed E-state index contributed by atoms with van der Waals surface area (Å²) in [7, 11) is 0. The Kier molecular flexibility index (Phi) is 6.13. The van der Waals surface area contributed by atoms with Crippen LogP contribution in [-0.2, 0) is 22.6 Å². The zero-order chi connectivity index (χ0) is 20.1. The van der Waals surface area contributed by atoms with Crippen LogP contribution in [0.15, 0.2) is 42.5 Å². The lowest BCUT2D eigenvalue weighted by Gasteiger charge is -2.24. The van der Waals surface area contributed by atoms with E-state index in [0.29, 0.717) is 19.5 Å². The van der Waals surface area contributed by atoms with E-state index >= 15 is 0 Å². The van der Waals surface area contributed by atoms with E-state index in [4.69, 9.17) is 4.74 Å². The van der Waals surface area contributed by atoms with Crippen LogP contribution in [0.25, 0.3) is 11.1 Å². The molecular formula is C24H28N2O3. The molecule has 2 aromatic rings. The average molecular weight is 392 g/mol. The van der Waals surface area contributed by atoms with Crippen LogP contribution in [0.3, 0.4) is 0 Å². The number of carbonyl (C=O) groups excluding carboxylic acids is 2. The number of likely N-dealkylation sites (tertiary alicyclic amines) is 1. The highest BCUT2D eigenvalue weighted by atomic mass is 16.5. The van der Waals surface area contributed by atoms with Crippen LogP contribution in [-0.4, -0.2) is 36.4 Å². The fraction of sp³-hybridized carbons (Fsp3) is 0.417. The van der Waals surface area contributed by atoms with Crippen LogP contribution < -0.4 is 10.1 Å². The van der Waals surface area contributed by atoms with Crippen molar-refractivity contribution in [1.82, 2.24) is 10.2 Å². The molecule has 0 aliphatic carbocycles. The van der Waals surface area contributed by atoms with Gasteiger partial charge in [-0.05, 0) is 47.2 Å². The number of nitrogens with zero attached hydrogens (tertiary/aromatic N) is 1. The van der Waals surface area contributed by atoms with Gasteiger partial charge in [0.25, 0.3) is 0 Å². The van der Waals surface area contributed by atoms with Crippen LogP contribution in [0.1, 0.15) is 43.2 Å². The van der Waals surface area contributed by atoms with Gasteiger partial charge in [-0.25, -0.2) is 0 Å². The monoisotopic (exact) mass is 392 g/mol. The molecule has 5 nitrogen and oxygen atoms in total. The van der Waals surface area contributed by atoms with E-state index < -0.39 is 0 Å². The summed E-state index contributed by atoms with van der Waals surface area (Å²) in [4.78, 5) is 26.2. The Balaban J connectivity index is 1.30. The lowest BCUT2D eigenvalue weighted by atomic mass is 10.0. The summed E-state index contributed by atoms with van der Waals surface area (Å²) in [6.45, 7) is 2.08. The van der Waals surface area contributed by atoms with Crippen LogP contribution in [0.4, 0.5) is 0 Å². The largest absolute Gasteiger partial charge is 0.493 e. The summed E-state index contributed by atoms with van der Waals surface area (Å²) in [5.74, 6) is 0.997. The smallest absolute Gasteiger partial charge is 0.239 e. The Bertz CT molecular complexity index is 876. The van der Waals surface area contributed by atoms with Gasteiger partial charge in [-0.3, -0.25) is 9.59 Å². The van der Waals surface area contributed by atoms with Gasteiger partial charge in [-0.2, -0.15) is 0 Å². The van der Waals surface area contributed by atoms with E-state index in [1.165, 1.54) is 11.1 Å². The van der Waals surface area contributed by atoms with Crippen molar-refractivity contribution in [2.24, 2.45) is 0 Å². The Morgan fingerprint density at radius 3 is 2.62 bits per heavy atom. The van der Waals surface area contributed by atoms with Gasteiger partial charge in [0.15, 0.2) is 0 Å². The summed E-state index contributed by atoms with van der Waals surface area (Å²) in [6, 6.07) is 14.6. The van der Waals surface area contributed by atoms with Crippen LogP contribution in [0.2, 0.25) is 0 Å². The van der Waals surface area contributed by atoms with E-state index in [-0.39, 0.29) is 18.4 Å². The number of rotatable bonds is 5. The van der Waals surface area contributed by atoms with E-state index in [9.17, 15) is 9.59 Å². The predicted molar refractivity (Wildman–Crippen MR) is 113 cm³/mol. The third-order valence-corrected chi connectivity index (χ3v) is 5.72. The molecule has 2 aliphatic heterocycles. The number of hydrogen-bond acceptors (Lipinski definition) is 3. The molecule has 4 rings (SSSR count). The van der Waals surface area contributed by atoms with Crippen molar-refractivity contribution in [1.29, 1.82) is 0 Å². The van der Waals surface area contributed by atoms with Crippen LogP contribution >= 0.6 is 0 Å². The van der Waals surface area contributed by atoms with Gasteiger partial charge in [0.2, 0.25) is 11.8 Å². The normalized spacial score (nSPS) is 16.6. The molecule has 0 spiro atoms. The average Bonchev–Trinajstić information content (AvgIpc) is 3.20. The summed E-state index contributed by atoms with van der Waals surface area (Å²) >= 11 is 0. The zero-order valence-electron chi connectivity index (χ0n) is 16.8. The second kappa shape index (κ2) is 9.12. The fourth-order valence-corrected chi connectivity index (χ4v) is 3.99. The number of carbonyl (C=O) groups is 2. The minimum Gasteiger partial charge on any atom is -0.493 e. The van der Waals surface area contributed by atoms with E-state index in [0.717, 1.165) is 55.6 Å². The highest BCUT2D eigenvalue weighted by Gasteiger charge is 2.18. The van der Waals surface area contributed by atoms with Gasteiger partial charge in [-0.1, -0.05) is 43.2 Å². The first kappa shape index (κ1) is 19.5. The highest BCUT2D eigenvalue weighted by Crippen LogP contribution is 2.30. The molecular weight excluding hydrogens is 364 g/mol. The van der Waals surface area contributed by atoms with Crippen molar-refractivity contribution in [3.63, 3.8) is 0 Å². The second-order valence-electron chi connectivity index (χ2n) is 7.87. The molecule has 0 unspecified atom stereocenters. The van der Waals surface area contributed by atoms with Crippen LogP contribution in [0, 0.1) is 0 Å². The molecule has 0 radical (unpaired) electrons. The number of benzene rings is 2. The molecule has 1 saturated heterocycles. The first-order valence-electron chi connectivity index (χ1n) is 10.6. The molecule has 29 heavy (non-hydrogen) atoms. The summed E-state index contributed by atoms with van der Waals surface area (Å²) in [5, 5.41) is 2.95. The molecule has 5 heteroatoms. The molecule has 2 aliphatic rings. The van der Waals surface area contributed by atoms with Gasteiger partial charge in [0, 0.05) is 25.9 Å². The lowest BCUT2D eigenvalue weighted by molar-refractivity contribution is -0.136. The van der Waals surface area contributed by atoms with Crippen molar-refractivity contribution in [3.05, 3.63) is 53.6 Å². The molecule has 0 atom stereocenters. The first-order chi connectivity index (χ1) is 14.2. The fourth-order valence-electron chi connectivity index (χ4n) is 3.99. The Morgan fingerprint density at radius 1 is 0.966 bits per heavy atom. The molecule has 2 aromatic carbocycles. The molecule has 1 fully saturated rings. The van der Waals surface area contributed by atoms with E-state index in [2.05, 4.69) is 29.6 Å². The van der Waals surface area contributed by atoms with Crippen molar-refractivity contribution < 1.29 is 14.3 Å². The van der Waals surface area contributed by atoms with Gasteiger partial charge in [-0.15, -0.1) is 0 Å². The number of nitrogens with one attached hydrogen (secondary N) is 1. The molecule has 2 heterocycles. The summed E-state index contributed by atoms with van der Waals surface area (Å²) < 4.78 is 5.57. The SMILES string of the molecule is O=C(CN1CCCCCCC1=O)NCc1ccc(-c2ccc3c(c2)CCO3)cc1. The minimum absolute atomic E-state index is 0.0957. The lowest BCUT2D eigenvalue weighted by Crippen LogP contribution is -2.41. The topological polar surface area (TPSA) is 58.6 Å². The van der Waals surface area contributed by atoms with E-state index in [1.807, 2.05) is 18.2 Å². The molecule has 1 N–H and O–H groups in total. The second-order valence-corrected chi connectivity index (χ2v) is 7.87.